The SMILES string of the molecule is O=C(CN1CCOC1=O)c1cc(Cl)ccc1Cl. The number of halogens is 2. The molecule has 0 unspecified atom stereocenters. The average molecular weight is 274 g/mol. The van der Waals surface area contributed by atoms with Crippen LogP contribution in [0.5, 0.6) is 0 Å². The van der Waals surface area contributed by atoms with E-state index in [4.69, 9.17) is 27.9 Å². The summed E-state index contributed by atoms with van der Waals surface area (Å²) in [6.07, 6.45) is -0.475. The number of benzene rings is 1. The first kappa shape index (κ1) is 12.2. The zero-order valence-corrected chi connectivity index (χ0v) is 10.3. The molecule has 1 amide bonds. The first-order chi connectivity index (χ1) is 8.08. The quantitative estimate of drug-likeness (QED) is 0.796. The Kier molecular flexibility index (Phi) is 3.54. The van der Waals surface area contributed by atoms with Crippen molar-refractivity contribution in [2.45, 2.75) is 0 Å². The Morgan fingerprint density at radius 2 is 2.18 bits per heavy atom. The van der Waals surface area contributed by atoms with Crippen LogP contribution >= 0.6 is 23.2 Å². The highest BCUT2D eigenvalue weighted by Crippen LogP contribution is 2.21. The fourth-order valence-electron chi connectivity index (χ4n) is 1.54. The van der Waals surface area contributed by atoms with Crippen LogP contribution in [0.2, 0.25) is 10.0 Å². The summed E-state index contributed by atoms with van der Waals surface area (Å²) in [6, 6.07) is 4.65. The summed E-state index contributed by atoms with van der Waals surface area (Å²) in [5.41, 5.74) is 0.318. The smallest absolute Gasteiger partial charge is 0.410 e. The van der Waals surface area contributed by atoms with E-state index in [2.05, 4.69) is 0 Å². The average Bonchev–Trinajstić information content (AvgIpc) is 2.68. The molecule has 0 N–H and O–H groups in total. The fraction of sp³-hybridized carbons (Fsp3) is 0.273. The molecular formula is C11H9Cl2NO3. The highest BCUT2D eigenvalue weighted by molar-refractivity contribution is 6.36. The highest BCUT2D eigenvalue weighted by atomic mass is 35.5. The van der Waals surface area contributed by atoms with Crippen molar-refractivity contribution in [1.29, 1.82) is 0 Å². The third-order valence-electron chi connectivity index (χ3n) is 2.41. The highest BCUT2D eigenvalue weighted by Gasteiger charge is 2.25. The summed E-state index contributed by atoms with van der Waals surface area (Å²) >= 11 is 11.7. The van der Waals surface area contributed by atoms with Crippen molar-refractivity contribution in [3.63, 3.8) is 0 Å². The van der Waals surface area contributed by atoms with Crippen LogP contribution in [0.1, 0.15) is 10.4 Å². The van der Waals surface area contributed by atoms with Gasteiger partial charge < -0.3 is 4.74 Å². The normalized spacial score (nSPS) is 14.9. The molecule has 1 aromatic rings. The monoisotopic (exact) mass is 273 g/mol. The summed E-state index contributed by atoms with van der Waals surface area (Å²) in [6.45, 7) is 0.692. The van der Waals surface area contributed by atoms with E-state index < -0.39 is 6.09 Å². The number of nitrogens with zero attached hydrogens (tertiary/aromatic N) is 1. The Balaban J connectivity index is 2.14. The number of hydrogen-bond donors (Lipinski definition) is 0. The van der Waals surface area contributed by atoms with E-state index in [1.54, 1.807) is 12.1 Å². The lowest BCUT2D eigenvalue weighted by Crippen LogP contribution is -2.30. The molecule has 0 atom stereocenters. The van der Waals surface area contributed by atoms with Gasteiger partial charge in [0.05, 0.1) is 18.1 Å². The van der Waals surface area contributed by atoms with Crippen molar-refractivity contribution in [2.75, 3.05) is 19.7 Å². The van der Waals surface area contributed by atoms with Gasteiger partial charge in [-0.15, -0.1) is 0 Å². The van der Waals surface area contributed by atoms with E-state index in [9.17, 15) is 9.59 Å². The number of rotatable bonds is 3. The third-order valence-corrected chi connectivity index (χ3v) is 2.97. The van der Waals surface area contributed by atoms with E-state index in [1.165, 1.54) is 11.0 Å². The maximum atomic E-state index is 11.9. The molecular weight excluding hydrogens is 265 g/mol. The fourth-order valence-corrected chi connectivity index (χ4v) is 1.93. The predicted octanol–water partition coefficient (Wildman–Crippen LogP) is 2.63. The summed E-state index contributed by atoms with van der Waals surface area (Å²) in [5, 5.41) is 0.758. The molecule has 90 valence electrons. The Hall–Kier alpha value is -1.26. The van der Waals surface area contributed by atoms with Gasteiger partial charge in [-0.25, -0.2) is 4.79 Å². The van der Waals surface area contributed by atoms with Crippen LogP contribution in [0, 0.1) is 0 Å². The number of Topliss-reactive ketones (excluding diaryl/α,β-unsaturated/α-hetero) is 1. The van der Waals surface area contributed by atoms with Crippen LogP contribution in [0.15, 0.2) is 18.2 Å². The lowest BCUT2D eigenvalue weighted by Gasteiger charge is -2.12. The Morgan fingerprint density at radius 3 is 2.82 bits per heavy atom. The molecule has 4 nitrogen and oxygen atoms in total. The first-order valence-electron chi connectivity index (χ1n) is 4.98. The van der Waals surface area contributed by atoms with Crippen molar-refractivity contribution < 1.29 is 14.3 Å². The maximum absolute atomic E-state index is 11.9. The zero-order chi connectivity index (χ0) is 12.4. The van der Waals surface area contributed by atoms with Gasteiger partial charge in [0.2, 0.25) is 0 Å². The topological polar surface area (TPSA) is 46.6 Å². The molecule has 1 aromatic carbocycles. The second-order valence-electron chi connectivity index (χ2n) is 3.58. The molecule has 6 heteroatoms. The number of cyclic esters (lactones) is 1. The Morgan fingerprint density at radius 1 is 1.41 bits per heavy atom. The first-order valence-corrected chi connectivity index (χ1v) is 5.73. The van der Waals surface area contributed by atoms with Gasteiger partial charge in [0.15, 0.2) is 5.78 Å². The van der Waals surface area contributed by atoms with E-state index >= 15 is 0 Å². The van der Waals surface area contributed by atoms with Crippen molar-refractivity contribution in [3.8, 4) is 0 Å². The van der Waals surface area contributed by atoms with Gasteiger partial charge in [0.1, 0.15) is 6.61 Å². The third kappa shape index (κ3) is 2.70. The molecule has 1 saturated heterocycles. The molecule has 0 spiro atoms. The van der Waals surface area contributed by atoms with Gasteiger partial charge in [-0.3, -0.25) is 9.69 Å². The Bertz CT molecular complexity index is 476. The van der Waals surface area contributed by atoms with E-state index in [1.807, 2.05) is 0 Å². The van der Waals surface area contributed by atoms with Gasteiger partial charge in [0.25, 0.3) is 0 Å². The van der Waals surface area contributed by atoms with Crippen LogP contribution in [-0.4, -0.2) is 36.5 Å². The minimum absolute atomic E-state index is 0.0428. The van der Waals surface area contributed by atoms with Gasteiger partial charge >= 0.3 is 6.09 Å². The molecule has 0 radical (unpaired) electrons. The van der Waals surface area contributed by atoms with Crippen LogP contribution in [0.25, 0.3) is 0 Å². The number of hydrogen-bond acceptors (Lipinski definition) is 3. The molecule has 0 saturated carbocycles. The summed E-state index contributed by atoms with van der Waals surface area (Å²) in [7, 11) is 0. The van der Waals surface area contributed by atoms with E-state index in [0.717, 1.165) is 0 Å². The van der Waals surface area contributed by atoms with Gasteiger partial charge in [-0.2, -0.15) is 0 Å². The van der Waals surface area contributed by atoms with Crippen molar-refractivity contribution >= 4 is 35.1 Å². The Labute approximate surface area is 108 Å². The molecule has 1 aliphatic rings. The summed E-state index contributed by atoms with van der Waals surface area (Å²) in [5.74, 6) is -0.253. The van der Waals surface area contributed by atoms with Crippen molar-refractivity contribution in [1.82, 2.24) is 4.90 Å². The van der Waals surface area contributed by atoms with Crippen LogP contribution < -0.4 is 0 Å². The minimum Gasteiger partial charge on any atom is -0.448 e. The number of carbonyl (C=O) groups is 2. The van der Waals surface area contributed by atoms with Crippen molar-refractivity contribution in [2.24, 2.45) is 0 Å². The molecule has 0 aromatic heterocycles. The molecule has 2 rings (SSSR count). The molecule has 0 bridgehead atoms. The molecule has 0 aliphatic carbocycles. The van der Waals surface area contributed by atoms with Gasteiger partial charge in [0, 0.05) is 10.6 Å². The minimum atomic E-state index is -0.475. The largest absolute Gasteiger partial charge is 0.448 e. The zero-order valence-electron chi connectivity index (χ0n) is 8.78. The summed E-state index contributed by atoms with van der Waals surface area (Å²) in [4.78, 5) is 24.4. The van der Waals surface area contributed by atoms with E-state index in [0.29, 0.717) is 28.8 Å². The van der Waals surface area contributed by atoms with Gasteiger partial charge in [-0.1, -0.05) is 23.2 Å². The molecule has 1 fully saturated rings. The number of carbonyl (C=O) groups excluding carboxylic acids is 2. The van der Waals surface area contributed by atoms with Crippen molar-refractivity contribution in [3.05, 3.63) is 33.8 Å². The number of ketones is 1. The number of ether oxygens (including phenoxy) is 1. The lowest BCUT2D eigenvalue weighted by atomic mass is 10.1. The standard InChI is InChI=1S/C11H9Cl2NO3/c12-7-1-2-9(13)8(5-7)10(15)6-14-3-4-17-11(14)16/h1-2,5H,3-4,6H2. The second-order valence-corrected chi connectivity index (χ2v) is 4.43. The maximum Gasteiger partial charge on any atom is 0.410 e. The van der Waals surface area contributed by atoms with Gasteiger partial charge in [-0.05, 0) is 18.2 Å². The van der Waals surface area contributed by atoms with E-state index in [-0.39, 0.29) is 12.3 Å². The van der Waals surface area contributed by atoms with Crippen LogP contribution in [0.4, 0.5) is 4.79 Å². The second kappa shape index (κ2) is 4.94. The summed E-state index contributed by atoms with van der Waals surface area (Å²) < 4.78 is 4.73. The predicted molar refractivity (Wildman–Crippen MR) is 63.7 cm³/mol. The lowest BCUT2D eigenvalue weighted by molar-refractivity contribution is 0.0944. The number of amides is 1. The molecule has 17 heavy (non-hydrogen) atoms. The van der Waals surface area contributed by atoms with Crippen LogP contribution in [0.3, 0.4) is 0 Å². The molecule has 1 heterocycles. The molecule has 1 aliphatic heterocycles. The van der Waals surface area contributed by atoms with Crippen LogP contribution in [-0.2, 0) is 4.74 Å².